The number of cyclic esters (lactones) is 3. The molecule has 5 amide bonds. The first-order valence-electron chi connectivity index (χ1n) is 25.6. The number of imidazole rings is 1. The molecule has 5 aromatic carbocycles. The molecule has 2 aromatic heterocycles. The number of urea groups is 1. The summed E-state index contributed by atoms with van der Waals surface area (Å²) in [5.74, 6) is 14.4. The maximum Gasteiger partial charge on any atom is 0.413 e. The second-order valence-electron chi connectivity index (χ2n) is 21.0. The van der Waals surface area contributed by atoms with Gasteiger partial charge in [-0.05, 0) is 151 Å². The molecule has 7 aromatic rings. The normalized spacial score (nSPS) is 20.4. The van der Waals surface area contributed by atoms with Crippen molar-refractivity contribution in [2.24, 2.45) is 18.9 Å². The van der Waals surface area contributed by atoms with Crippen molar-refractivity contribution in [1.82, 2.24) is 19.4 Å². The van der Waals surface area contributed by atoms with Gasteiger partial charge in [-0.15, -0.1) is 0 Å². The van der Waals surface area contributed by atoms with E-state index in [1.165, 1.54) is 0 Å². The van der Waals surface area contributed by atoms with Gasteiger partial charge in [0.1, 0.15) is 28.3 Å². The Hall–Kier alpha value is -8.02. The number of pyridine rings is 1. The van der Waals surface area contributed by atoms with Crippen LogP contribution in [-0.2, 0) is 43.6 Å². The molecule has 0 spiro atoms. The number of aromatic nitrogens is 3. The van der Waals surface area contributed by atoms with E-state index in [4.69, 9.17) is 42.4 Å². The lowest BCUT2D eigenvalue weighted by Gasteiger charge is -2.43. The number of carbonyl (C=O) groups excluding carboxylic acids is 4. The molecule has 0 bridgehead atoms. The van der Waals surface area contributed by atoms with Crippen LogP contribution in [0.4, 0.5) is 41.9 Å². The fourth-order valence-electron chi connectivity index (χ4n) is 9.93. The first-order chi connectivity index (χ1) is 37.6. The summed E-state index contributed by atoms with van der Waals surface area (Å²) in [6.45, 7) is 9.32. The molecular weight excluding hydrogens is 1110 g/mol. The lowest BCUT2D eigenvalue weighted by atomic mass is 9.81. The summed E-state index contributed by atoms with van der Waals surface area (Å²) in [5.41, 5.74) is 7.56. The average molecular weight is 1160 g/mol. The highest BCUT2D eigenvalue weighted by molar-refractivity contribution is 9.10. The summed E-state index contributed by atoms with van der Waals surface area (Å²) in [6.07, 6.45) is 4.78. The van der Waals surface area contributed by atoms with Gasteiger partial charge in [0.25, 0.3) is 0 Å². The van der Waals surface area contributed by atoms with Gasteiger partial charge in [-0.2, -0.15) is 0 Å². The topological polar surface area (TPSA) is 178 Å². The molecule has 2 fully saturated rings. The van der Waals surface area contributed by atoms with Gasteiger partial charge < -0.3 is 29.0 Å². The number of benzene rings is 5. The number of rotatable bonds is 2. The van der Waals surface area contributed by atoms with Crippen molar-refractivity contribution in [1.29, 1.82) is 0 Å². The van der Waals surface area contributed by atoms with Crippen LogP contribution in [0.5, 0.6) is 0 Å². The largest absolute Gasteiger partial charge is 0.438 e. The van der Waals surface area contributed by atoms with E-state index in [9.17, 15) is 19.2 Å². The monoisotopic (exact) mass is 1160 g/mol. The molecule has 0 radical (unpaired) electrons. The van der Waals surface area contributed by atoms with Crippen molar-refractivity contribution >= 4 is 97.2 Å². The average Bonchev–Trinajstić information content (AvgIpc) is 4.56. The summed E-state index contributed by atoms with van der Waals surface area (Å²) in [5, 5.41) is 12.3. The van der Waals surface area contributed by atoms with Crippen LogP contribution < -0.4 is 21.3 Å². The van der Waals surface area contributed by atoms with Crippen molar-refractivity contribution in [3.05, 3.63) is 164 Å². The smallest absolute Gasteiger partial charge is 0.413 e. The van der Waals surface area contributed by atoms with Crippen LogP contribution in [0.25, 0.3) is 22.4 Å². The number of amides is 5. The van der Waals surface area contributed by atoms with Crippen LogP contribution in [0.3, 0.4) is 0 Å². The summed E-state index contributed by atoms with van der Waals surface area (Å²) < 4.78 is 18.9. The summed E-state index contributed by atoms with van der Waals surface area (Å²) in [4.78, 5) is 57.7. The molecule has 2 unspecified atom stereocenters. The van der Waals surface area contributed by atoms with Gasteiger partial charge in [0.15, 0.2) is 5.60 Å². The molecule has 4 N–H and O–H groups in total. The van der Waals surface area contributed by atoms with E-state index in [-0.39, 0.29) is 6.03 Å². The summed E-state index contributed by atoms with van der Waals surface area (Å²) >= 11 is 15.6. The van der Waals surface area contributed by atoms with Crippen LogP contribution in [0.1, 0.15) is 88.2 Å². The lowest BCUT2D eigenvalue weighted by Crippen LogP contribution is -2.53. The minimum Gasteiger partial charge on any atom is -0.438 e. The molecule has 15 nitrogen and oxygen atoms in total. The van der Waals surface area contributed by atoms with Crippen molar-refractivity contribution < 1.29 is 33.4 Å². The van der Waals surface area contributed by atoms with Gasteiger partial charge in [0.2, 0.25) is 0 Å². The van der Waals surface area contributed by atoms with Gasteiger partial charge in [-0.25, -0.2) is 29.1 Å². The third-order valence-corrected chi connectivity index (χ3v) is 15.3. The number of halogens is 3. The third kappa shape index (κ3) is 11.5. The minimum atomic E-state index is -0.912. The standard InChI is InChI=1S/C19H16ClN3O.C18H17N3O2.C14H12ClNO2.C10H10BrNO2/c1-23-18(24)22-17-8-7-14(20)12-16(17)19(23,13-5-6-13)10-9-15-4-2-3-11-21-15;1-18(2)12-9-14-15(10-13(12)20-17(22)23-18)21(3)16(19-14)11-7-5-4-6-8-11;1-14(7-6-9-2-3-9)11-8-10(15)4-5-12(11)16-13(17)18-14;1-10(2)7-5-6(11)3-4-8(7)12-9(13)14-10/h2-4,7-8,11-13H,5-6H2,1H3,(H,22,24);4-10H,1-3H3,(H,20,22);4-5,8-9H,2-3H2,1H3,(H,16,17);3-5H,1-2H3,(H,12,13). The Balaban J connectivity index is 0.000000121. The Morgan fingerprint density at radius 1 is 0.620 bits per heavy atom. The molecule has 402 valence electrons. The fourth-order valence-corrected chi connectivity index (χ4v) is 10.6. The van der Waals surface area contributed by atoms with Gasteiger partial charge in [0.05, 0.1) is 28.1 Å². The number of hydrogen-bond acceptors (Lipinski definition) is 9. The summed E-state index contributed by atoms with van der Waals surface area (Å²) in [7, 11) is 3.78. The zero-order valence-corrected chi connectivity index (χ0v) is 47.4. The highest BCUT2D eigenvalue weighted by Gasteiger charge is 2.53. The van der Waals surface area contributed by atoms with Gasteiger partial charge in [0, 0.05) is 74.2 Å². The van der Waals surface area contributed by atoms with E-state index in [1.54, 1.807) is 49.3 Å². The van der Waals surface area contributed by atoms with Crippen LogP contribution >= 0.6 is 39.1 Å². The number of carbonyl (C=O) groups is 4. The predicted molar refractivity (Wildman–Crippen MR) is 310 cm³/mol. The second kappa shape index (κ2) is 21.3. The second-order valence-corrected chi connectivity index (χ2v) is 22.7. The first kappa shape index (κ1) is 54.3. The Morgan fingerprint density at radius 2 is 1.20 bits per heavy atom. The number of fused-ring (bicyclic) bond motifs is 5. The summed E-state index contributed by atoms with van der Waals surface area (Å²) in [6, 6.07) is 36.1. The fraction of sp³-hybridized carbons (Fsp3) is 0.279. The molecule has 13 rings (SSSR count). The molecule has 2 saturated carbocycles. The highest BCUT2D eigenvalue weighted by atomic mass is 79.9. The van der Waals surface area contributed by atoms with Crippen molar-refractivity contribution in [3.8, 4) is 35.1 Å². The number of nitrogens with one attached hydrogen (secondary N) is 4. The number of hydrogen-bond donors (Lipinski definition) is 4. The van der Waals surface area contributed by atoms with Crippen LogP contribution in [0, 0.1) is 35.5 Å². The van der Waals surface area contributed by atoms with Crippen molar-refractivity contribution in [2.75, 3.05) is 28.3 Å². The number of ether oxygens (including phenoxy) is 3. The van der Waals surface area contributed by atoms with Gasteiger partial charge in [-0.1, -0.05) is 93.3 Å². The van der Waals surface area contributed by atoms with E-state index >= 15 is 0 Å². The molecule has 0 saturated heterocycles. The molecular formula is C61H55BrCl2N8O7. The minimum absolute atomic E-state index is 0.146. The molecule has 79 heavy (non-hydrogen) atoms. The van der Waals surface area contributed by atoms with E-state index in [2.05, 4.69) is 65.9 Å². The Labute approximate surface area is 476 Å². The van der Waals surface area contributed by atoms with Crippen LogP contribution in [-0.4, -0.2) is 50.8 Å². The van der Waals surface area contributed by atoms with E-state index < -0.39 is 40.6 Å². The van der Waals surface area contributed by atoms with Gasteiger partial charge >= 0.3 is 24.3 Å². The molecule has 2 atom stereocenters. The highest BCUT2D eigenvalue weighted by Crippen LogP contribution is 2.53. The van der Waals surface area contributed by atoms with Crippen molar-refractivity contribution in [2.45, 2.75) is 82.6 Å². The number of aryl methyl sites for hydroxylation is 1. The van der Waals surface area contributed by atoms with Crippen molar-refractivity contribution in [3.63, 3.8) is 0 Å². The molecule has 6 heterocycles. The Bertz CT molecular complexity index is 3730. The third-order valence-electron chi connectivity index (χ3n) is 14.3. The predicted octanol–water partition coefficient (Wildman–Crippen LogP) is 14.7. The Kier molecular flexibility index (Phi) is 14.7. The zero-order valence-electron chi connectivity index (χ0n) is 44.3. The number of nitrogens with zero attached hydrogens (tertiary/aromatic N) is 4. The van der Waals surface area contributed by atoms with Crippen LogP contribution in [0.2, 0.25) is 10.0 Å². The zero-order chi connectivity index (χ0) is 56.0. The molecule has 6 aliphatic rings. The van der Waals surface area contributed by atoms with E-state index in [0.29, 0.717) is 33.3 Å². The SMILES string of the molecule is CC1(C#CC2CC2)OC(=O)Nc2ccc(Cl)cc21.CC1(C)OC(=O)Nc2ccc(Br)cc21.CN1C(=O)Nc2ccc(Cl)cc2C1(C#Cc1ccccn1)C1CC1.Cn1c(-c2ccccc2)nc2cc3c(cc21)NC(=O)OC3(C)C. The maximum absolute atomic E-state index is 12.5. The van der Waals surface area contributed by atoms with Crippen LogP contribution in [0.15, 0.2) is 126 Å². The number of anilines is 4. The molecule has 2 aliphatic carbocycles. The van der Waals surface area contributed by atoms with Gasteiger partial charge in [-0.3, -0.25) is 16.0 Å². The molecule has 4 aliphatic heterocycles. The molecule has 18 heteroatoms. The maximum atomic E-state index is 12.5. The quantitative estimate of drug-likeness (QED) is 0.0969. The Morgan fingerprint density at radius 3 is 1.84 bits per heavy atom. The van der Waals surface area contributed by atoms with E-state index in [1.807, 2.05) is 130 Å². The first-order valence-corrected chi connectivity index (χ1v) is 27.2. The lowest BCUT2D eigenvalue weighted by molar-refractivity contribution is 0.0411. The van der Waals surface area contributed by atoms with E-state index in [0.717, 1.165) is 91.9 Å².